The molecule has 3 nitrogen and oxygen atoms in total. The lowest BCUT2D eigenvalue weighted by Crippen LogP contribution is -2.05. The van der Waals surface area contributed by atoms with Crippen LogP contribution in [-0.4, -0.2) is 23.6 Å². The quantitative estimate of drug-likeness (QED) is 0.206. The van der Waals surface area contributed by atoms with Gasteiger partial charge in [0.2, 0.25) is 4.38 Å². The molecular weight excluding hydrogens is 400 g/mol. The van der Waals surface area contributed by atoms with E-state index >= 15 is 0 Å². The molecule has 0 amide bonds. The standard InChI is InChI=1S/C24H28O3S2/c1-5-17-9-10-20(22(15-17)29-24(28)27-8-4)13-11-19-12-14-21(16-18(19)6-2)23(25)26-7-3/h9-16H,5-8H2,1-4H3/b13-11+. The molecule has 154 valence electrons. The Labute approximate surface area is 183 Å². The summed E-state index contributed by atoms with van der Waals surface area (Å²) in [6, 6.07) is 12.1. The van der Waals surface area contributed by atoms with Gasteiger partial charge < -0.3 is 9.47 Å². The third kappa shape index (κ3) is 6.72. The lowest BCUT2D eigenvalue weighted by molar-refractivity contribution is 0.0526. The zero-order valence-corrected chi connectivity index (χ0v) is 19.1. The maximum atomic E-state index is 12.0. The summed E-state index contributed by atoms with van der Waals surface area (Å²) in [5.41, 5.74) is 5.13. The van der Waals surface area contributed by atoms with Crippen LogP contribution in [0.15, 0.2) is 41.3 Å². The summed E-state index contributed by atoms with van der Waals surface area (Å²) in [6.07, 6.45) is 5.98. The number of aryl methyl sites for hydroxylation is 2. The zero-order valence-electron chi connectivity index (χ0n) is 17.5. The van der Waals surface area contributed by atoms with Gasteiger partial charge in [-0.15, -0.1) is 0 Å². The second kappa shape index (κ2) is 11.8. The van der Waals surface area contributed by atoms with E-state index in [1.807, 2.05) is 32.0 Å². The van der Waals surface area contributed by atoms with Crippen molar-refractivity contribution in [1.29, 1.82) is 0 Å². The van der Waals surface area contributed by atoms with Gasteiger partial charge in [0, 0.05) is 4.90 Å². The fourth-order valence-electron chi connectivity index (χ4n) is 2.86. The summed E-state index contributed by atoms with van der Waals surface area (Å²) >= 11 is 6.80. The van der Waals surface area contributed by atoms with Gasteiger partial charge in [-0.3, -0.25) is 0 Å². The molecule has 0 radical (unpaired) electrons. The summed E-state index contributed by atoms with van der Waals surface area (Å²) in [4.78, 5) is 13.1. The lowest BCUT2D eigenvalue weighted by Gasteiger charge is -2.10. The van der Waals surface area contributed by atoms with Gasteiger partial charge in [-0.2, -0.15) is 0 Å². The fraction of sp³-hybridized carbons (Fsp3) is 0.333. The van der Waals surface area contributed by atoms with E-state index in [1.54, 1.807) is 0 Å². The van der Waals surface area contributed by atoms with Gasteiger partial charge in [-0.1, -0.05) is 44.2 Å². The molecule has 0 heterocycles. The molecule has 0 aromatic heterocycles. The van der Waals surface area contributed by atoms with Crippen molar-refractivity contribution in [3.8, 4) is 0 Å². The maximum Gasteiger partial charge on any atom is 0.338 e. The Morgan fingerprint density at radius 1 is 0.931 bits per heavy atom. The minimum atomic E-state index is -0.281. The topological polar surface area (TPSA) is 35.5 Å². The molecule has 0 N–H and O–H groups in total. The van der Waals surface area contributed by atoms with Crippen LogP contribution in [0.5, 0.6) is 0 Å². The molecule has 0 saturated carbocycles. The Hall–Kier alpha value is -2.11. The first kappa shape index (κ1) is 23.2. The van der Waals surface area contributed by atoms with Crippen molar-refractivity contribution in [2.75, 3.05) is 13.2 Å². The first-order valence-corrected chi connectivity index (χ1v) is 11.2. The van der Waals surface area contributed by atoms with Crippen LogP contribution in [0, 0.1) is 0 Å². The fourth-order valence-corrected chi connectivity index (χ4v) is 4.07. The number of hydrogen-bond acceptors (Lipinski definition) is 5. The smallest absolute Gasteiger partial charge is 0.338 e. The highest BCUT2D eigenvalue weighted by atomic mass is 32.2. The second-order valence-electron chi connectivity index (χ2n) is 6.33. The molecule has 0 atom stereocenters. The molecule has 0 saturated heterocycles. The van der Waals surface area contributed by atoms with Crippen LogP contribution < -0.4 is 0 Å². The van der Waals surface area contributed by atoms with E-state index < -0.39 is 0 Å². The van der Waals surface area contributed by atoms with Crippen LogP contribution in [0.2, 0.25) is 0 Å². The Balaban J connectivity index is 2.32. The zero-order chi connectivity index (χ0) is 21.2. The van der Waals surface area contributed by atoms with E-state index in [9.17, 15) is 4.79 Å². The minimum absolute atomic E-state index is 0.281. The monoisotopic (exact) mass is 428 g/mol. The van der Waals surface area contributed by atoms with E-state index in [1.165, 1.54) is 17.3 Å². The van der Waals surface area contributed by atoms with Crippen LogP contribution in [0.3, 0.4) is 0 Å². The number of esters is 1. The molecule has 29 heavy (non-hydrogen) atoms. The third-order valence-electron chi connectivity index (χ3n) is 4.42. The largest absolute Gasteiger partial charge is 0.479 e. The Morgan fingerprint density at radius 2 is 1.62 bits per heavy atom. The highest BCUT2D eigenvalue weighted by Gasteiger charge is 2.10. The van der Waals surface area contributed by atoms with E-state index in [-0.39, 0.29) is 5.97 Å². The third-order valence-corrected chi connectivity index (χ3v) is 5.64. The Bertz CT molecular complexity index is 888. The first-order chi connectivity index (χ1) is 14.0. The predicted molar refractivity (Wildman–Crippen MR) is 127 cm³/mol. The van der Waals surface area contributed by atoms with E-state index in [2.05, 4.69) is 44.2 Å². The average Bonchev–Trinajstić information content (AvgIpc) is 2.73. The van der Waals surface area contributed by atoms with Crippen LogP contribution in [-0.2, 0) is 22.3 Å². The van der Waals surface area contributed by atoms with E-state index in [0.717, 1.165) is 34.4 Å². The van der Waals surface area contributed by atoms with Crippen LogP contribution in [0.1, 0.15) is 60.3 Å². The van der Waals surface area contributed by atoms with Gasteiger partial charge in [0.25, 0.3) is 0 Å². The number of carbonyl (C=O) groups excluding carboxylic acids is 1. The van der Waals surface area contributed by atoms with Crippen molar-refractivity contribution in [3.05, 3.63) is 64.2 Å². The molecule has 0 aliphatic rings. The van der Waals surface area contributed by atoms with E-state index in [4.69, 9.17) is 21.7 Å². The summed E-state index contributed by atoms with van der Waals surface area (Å²) in [5, 5.41) is 0. The highest BCUT2D eigenvalue weighted by molar-refractivity contribution is 8.22. The lowest BCUT2D eigenvalue weighted by atomic mass is 10.0. The molecule has 2 aromatic rings. The number of ether oxygens (including phenoxy) is 2. The molecule has 0 bridgehead atoms. The molecule has 2 aromatic carbocycles. The molecule has 2 rings (SSSR count). The molecule has 5 heteroatoms. The number of carbonyl (C=O) groups is 1. The van der Waals surface area contributed by atoms with Crippen molar-refractivity contribution in [2.45, 2.75) is 45.4 Å². The minimum Gasteiger partial charge on any atom is -0.479 e. The second-order valence-corrected chi connectivity index (χ2v) is 7.98. The van der Waals surface area contributed by atoms with Crippen molar-refractivity contribution in [1.82, 2.24) is 0 Å². The van der Waals surface area contributed by atoms with Crippen molar-refractivity contribution in [2.24, 2.45) is 0 Å². The highest BCUT2D eigenvalue weighted by Crippen LogP contribution is 2.28. The van der Waals surface area contributed by atoms with Gasteiger partial charge in [-0.05, 0) is 91.1 Å². The van der Waals surface area contributed by atoms with Crippen LogP contribution in [0.25, 0.3) is 12.2 Å². The molecule has 0 aliphatic heterocycles. The SMILES string of the molecule is CCOC(=O)c1ccc(/C=C/c2ccc(CC)cc2SC(=S)OCC)c(CC)c1. The first-order valence-electron chi connectivity index (χ1n) is 9.97. The van der Waals surface area contributed by atoms with Crippen molar-refractivity contribution < 1.29 is 14.3 Å². The number of thioether (sulfide) groups is 1. The summed E-state index contributed by atoms with van der Waals surface area (Å²) in [7, 11) is 0. The molecule has 0 aliphatic carbocycles. The summed E-state index contributed by atoms with van der Waals surface area (Å²) in [6.45, 7) is 8.91. The Kier molecular flexibility index (Phi) is 9.42. The van der Waals surface area contributed by atoms with E-state index in [0.29, 0.717) is 23.2 Å². The summed E-state index contributed by atoms with van der Waals surface area (Å²) < 4.78 is 11.1. The van der Waals surface area contributed by atoms with Crippen LogP contribution in [0.4, 0.5) is 0 Å². The summed E-state index contributed by atoms with van der Waals surface area (Å²) in [5.74, 6) is -0.281. The average molecular weight is 429 g/mol. The Morgan fingerprint density at radius 3 is 2.28 bits per heavy atom. The molecule has 0 spiro atoms. The van der Waals surface area contributed by atoms with Crippen molar-refractivity contribution in [3.63, 3.8) is 0 Å². The predicted octanol–water partition coefficient (Wildman–Crippen LogP) is 6.57. The number of thiocarbonyl (C=S) groups is 1. The normalized spacial score (nSPS) is 10.9. The van der Waals surface area contributed by atoms with Gasteiger partial charge in [0.05, 0.1) is 18.8 Å². The van der Waals surface area contributed by atoms with Crippen LogP contribution >= 0.6 is 24.0 Å². The van der Waals surface area contributed by atoms with Gasteiger partial charge >= 0.3 is 5.97 Å². The number of hydrogen-bond donors (Lipinski definition) is 0. The van der Waals surface area contributed by atoms with Gasteiger partial charge in [0.15, 0.2) is 0 Å². The number of rotatable bonds is 8. The van der Waals surface area contributed by atoms with Crippen molar-refractivity contribution >= 4 is 46.5 Å². The molecular formula is C24H28O3S2. The van der Waals surface area contributed by atoms with Gasteiger partial charge in [-0.25, -0.2) is 4.79 Å². The number of benzene rings is 2. The molecule has 0 unspecified atom stereocenters. The maximum absolute atomic E-state index is 12.0. The molecule has 0 fully saturated rings. The van der Waals surface area contributed by atoms with Gasteiger partial charge in [0.1, 0.15) is 0 Å².